The van der Waals surface area contributed by atoms with Crippen molar-refractivity contribution in [2.24, 2.45) is 0 Å². The second-order valence-corrected chi connectivity index (χ2v) is 11.1. The number of nitrogens with one attached hydrogen (secondary N) is 1. The molecule has 2 amide bonds. The normalized spacial score (nSPS) is 19.3. The van der Waals surface area contributed by atoms with Crippen molar-refractivity contribution in [1.29, 1.82) is 0 Å². The van der Waals surface area contributed by atoms with E-state index >= 15 is 0 Å². The summed E-state index contributed by atoms with van der Waals surface area (Å²) < 4.78 is 19.7. The van der Waals surface area contributed by atoms with Gasteiger partial charge in [-0.05, 0) is 41.0 Å². The van der Waals surface area contributed by atoms with Gasteiger partial charge in [0.15, 0.2) is 0 Å². The Bertz CT molecular complexity index is 1580. The van der Waals surface area contributed by atoms with E-state index in [0.29, 0.717) is 49.8 Å². The molecular formula is C33H36N6O5. The zero-order chi connectivity index (χ0) is 30.3. The largest absolute Gasteiger partial charge is 0.456 e. The second kappa shape index (κ2) is 13.8. The summed E-state index contributed by atoms with van der Waals surface area (Å²) in [7, 11) is 1.56. The lowest BCUT2D eigenvalue weighted by molar-refractivity contribution is -0.123. The Hall–Kier alpha value is -4.58. The Morgan fingerprint density at radius 2 is 1.84 bits per heavy atom. The maximum atomic E-state index is 13.5. The third-order valence-electron chi connectivity index (χ3n) is 7.84. The van der Waals surface area contributed by atoms with E-state index in [-0.39, 0.29) is 43.7 Å². The molecule has 0 aliphatic carbocycles. The van der Waals surface area contributed by atoms with E-state index in [9.17, 15) is 9.59 Å². The SMILES string of the molecule is COCCN1CC(=O)N[C@H]2CN(Cc3ccccc3Cn3cccn3)C[C@@H]2OCc2cccc(c2)Oc2cncc(c2)C1=O. The van der Waals surface area contributed by atoms with Gasteiger partial charge in [0, 0.05) is 51.9 Å². The number of amides is 2. The van der Waals surface area contributed by atoms with Gasteiger partial charge >= 0.3 is 0 Å². The Labute approximate surface area is 256 Å². The van der Waals surface area contributed by atoms with Crippen molar-refractivity contribution >= 4 is 11.8 Å². The van der Waals surface area contributed by atoms with Gasteiger partial charge in [-0.2, -0.15) is 5.10 Å². The van der Waals surface area contributed by atoms with Gasteiger partial charge in [-0.1, -0.05) is 36.4 Å². The second-order valence-electron chi connectivity index (χ2n) is 11.1. The predicted molar refractivity (Wildman–Crippen MR) is 162 cm³/mol. The number of nitrogens with zero attached hydrogens (tertiary/aromatic N) is 5. The summed E-state index contributed by atoms with van der Waals surface area (Å²) in [5.74, 6) is 0.457. The summed E-state index contributed by atoms with van der Waals surface area (Å²) in [6.07, 6.45) is 6.52. The summed E-state index contributed by atoms with van der Waals surface area (Å²) in [5, 5.41) is 7.54. The lowest BCUT2D eigenvalue weighted by Crippen LogP contribution is -2.49. The summed E-state index contributed by atoms with van der Waals surface area (Å²) in [6, 6.07) is 19.3. The van der Waals surface area contributed by atoms with Crippen LogP contribution in [-0.2, 0) is 34.0 Å². The molecule has 0 saturated carbocycles. The molecule has 0 spiro atoms. The van der Waals surface area contributed by atoms with Crippen LogP contribution in [-0.4, -0.2) is 88.4 Å². The molecular weight excluding hydrogens is 560 g/mol. The van der Waals surface area contributed by atoms with Crippen LogP contribution in [0.2, 0.25) is 0 Å². The van der Waals surface area contributed by atoms with E-state index in [1.54, 1.807) is 25.6 Å². The maximum Gasteiger partial charge on any atom is 0.256 e. The minimum absolute atomic E-state index is 0.123. The van der Waals surface area contributed by atoms with Crippen LogP contribution in [0.25, 0.3) is 0 Å². The van der Waals surface area contributed by atoms with Crippen LogP contribution in [0.4, 0.5) is 0 Å². The first-order valence-electron chi connectivity index (χ1n) is 14.7. The van der Waals surface area contributed by atoms with Crippen molar-refractivity contribution in [1.82, 2.24) is 29.9 Å². The molecule has 228 valence electrons. The highest BCUT2D eigenvalue weighted by Crippen LogP contribution is 2.25. The Morgan fingerprint density at radius 1 is 0.977 bits per heavy atom. The monoisotopic (exact) mass is 596 g/mol. The van der Waals surface area contributed by atoms with Gasteiger partial charge in [-0.3, -0.25) is 24.2 Å². The minimum Gasteiger partial charge on any atom is -0.456 e. The quantitative estimate of drug-likeness (QED) is 0.347. The zero-order valence-corrected chi connectivity index (χ0v) is 24.7. The molecule has 2 atom stereocenters. The molecule has 0 radical (unpaired) electrons. The molecule has 4 bridgehead atoms. The fourth-order valence-electron chi connectivity index (χ4n) is 5.66. The number of hydrogen-bond donors (Lipinski definition) is 1. The van der Waals surface area contributed by atoms with Gasteiger partial charge in [0.2, 0.25) is 5.91 Å². The molecule has 2 aliphatic rings. The molecule has 4 aromatic rings. The fraction of sp³-hybridized carbons (Fsp3) is 0.333. The first-order valence-corrected chi connectivity index (χ1v) is 14.7. The third kappa shape index (κ3) is 7.31. The number of methoxy groups -OCH3 is 1. The van der Waals surface area contributed by atoms with Crippen molar-refractivity contribution in [3.05, 3.63) is 108 Å². The molecule has 11 nitrogen and oxygen atoms in total. The molecule has 1 fully saturated rings. The highest BCUT2D eigenvalue weighted by molar-refractivity contribution is 5.96. The number of carbonyl (C=O) groups is 2. The van der Waals surface area contributed by atoms with E-state index in [0.717, 1.165) is 5.56 Å². The van der Waals surface area contributed by atoms with Gasteiger partial charge in [0.1, 0.15) is 11.5 Å². The average molecular weight is 597 g/mol. The van der Waals surface area contributed by atoms with Gasteiger partial charge in [-0.15, -0.1) is 0 Å². The molecule has 44 heavy (non-hydrogen) atoms. The molecule has 2 aromatic heterocycles. The Morgan fingerprint density at radius 3 is 2.66 bits per heavy atom. The summed E-state index contributed by atoms with van der Waals surface area (Å²) in [6.45, 7) is 3.40. The van der Waals surface area contributed by atoms with Gasteiger partial charge in [0.05, 0.1) is 50.2 Å². The topological polar surface area (TPSA) is 111 Å². The highest BCUT2D eigenvalue weighted by atomic mass is 16.5. The smallest absolute Gasteiger partial charge is 0.256 e. The number of aromatic nitrogens is 3. The Balaban J connectivity index is 1.24. The first kappa shape index (κ1) is 29.5. The molecule has 2 aromatic carbocycles. The Kier molecular flexibility index (Phi) is 9.25. The highest BCUT2D eigenvalue weighted by Gasteiger charge is 2.35. The first-order chi connectivity index (χ1) is 21.5. The van der Waals surface area contributed by atoms with Crippen molar-refractivity contribution in [3.63, 3.8) is 0 Å². The number of likely N-dealkylation sites (tertiary alicyclic amines) is 1. The predicted octanol–water partition coefficient (Wildman–Crippen LogP) is 3.11. The van der Waals surface area contributed by atoms with E-state index in [1.807, 2.05) is 53.3 Å². The standard InChI is InChI=1S/C33H36N6O5/c1-42-13-12-38-22-32(40)36-30-20-37(18-25-7-2-3-8-26(25)19-39-11-5-10-35-39)21-31(30)43-23-24-6-4-9-28(14-24)44-29-15-27(33(38)41)16-34-17-29/h2-11,14-17,30-31H,12-13,18-23H2,1H3,(H,36,40)/t30-,31-/m0/s1. The van der Waals surface area contributed by atoms with Crippen molar-refractivity contribution in [2.45, 2.75) is 31.8 Å². The van der Waals surface area contributed by atoms with E-state index in [2.05, 4.69) is 32.4 Å². The third-order valence-corrected chi connectivity index (χ3v) is 7.84. The number of carbonyl (C=O) groups excluding carboxylic acids is 2. The van der Waals surface area contributed by atoms with Crippen LogP contribution >= 0.6 is 0 Å². The van der Waals surface area contributed by atoms with Crippen molar-refractivity contribution in [3.8, 4) is 11.5 Å². The van der Waals surface area contributed by atoms with Crippen molar-refractivity contribution in [2.75, 3.05) is 39.9 Å². The molecule has 6 rings (SSSR count). The minimum atomic E-state index is -0.328. The van der Waals surface area contributed by atoms with Crippen molar-refractivity contribution < 1.29 is 23.8 Å². The summed E-state index contributed by atoms with van der Waals surface area (Å²) in [5.41, 5.74) is 3.66. The zero-order valence-electron chi connectivity index (χ0n) is 24.7. The molecule has 1 saturated heterocycles. The van der Waals surface area contributed by atoms with E-state index in [4.69, 9.17) is 14.2 Å². The van der Waals surface area contributed by atoms with E-state index in [1.165, 1.54) is 22.2 Å². The van der Waals surface area contributed by atoms with Crippen LogP contribution in [0.5, 0.6) is 11.5 Å². The van der Waals surface area contributed by atoms with Gasteiger partial charge in [0.25, 0.3) is 5.91 Å². The molecule has 1 N–H and O–H groups in total. The van der Waals surface area contributed by atoms with Gasteiger partial charge < -0.3 is 24.4 Å². The number of fused-ring (bicyclic) bond motifs is 5. The number of ether oxygens (including phenoxy) is 3. The number of rotatable bonds is 7. The molecule has 2 aliphatic heterocycles. The number of pyridine rings is 1. The van der Waals surface area contributed by atoms with Crippen LogP contribution in [0.1, 0.15) is 27.0 Å². The number of benzene rings is 2. The maximum absolute atomic E-state index is 13.5. The van der Waals surface area contributed by atoms with Crippen LogP contribution < -0.4 is 10.1 Å². The fourth-order valence-corrected chi connectivity index (χ4v) is 5.66. The lowest BCUT2D eigenvalue weighted by Gasteiger charge is -2.25. The van der Waals surface area contributed by atoms with Crippen LogP contribution in [0, 0.1) is 0 Å². The summed E-state index contributed by atoms with van der Waals surface area (Å²) >= 11 is 0. The van der Waals surface area contributed by atoms with E-state index < -0.39 is 0 Å². The van der Waals surface area contributed by atoms with Crippen LogP contribution in [0.3, 0.4) is 0 Å². The summed E-state index contributed by atoms with van der Waals surface area (Å²) in [4.78, 5) is 34.9. The lowest BCUT2D eigenvalue weighted by atomic mass is 10.1. The molecule has 4 heterocycles. The molecule has 0 unspecified atom stereocenters. The van der Waals surface area contributed by atoms with Crippen LogP contribution in [0.15, 0.2) is 85.5 Å². The molecule has 11 heteroatoms. The number of hydrogen-bond acceptors (Lipinski definition) is 8. The average Bonchev–Trinajstić information content (AvgIpc) is 3.68. The van der Waals surface area contributed by atoms with Gasteiger partial charge in [-0.25, -0.2) is 0 Å².